The standard InChI is InChI=1S/C20H19N3OS/c21-19(13-3-4-13)16-6-5-14(12-17(16)18-2-1-11-25-18)20(24)23-15-7-9-22-10-8-15/h1-2,5-13,19H,3-4,21H2,(H,22,23,24)/t19-/m1/s1. The van der Waals surface area contributed by atoms with Crippen LogP contribution in [0.15, 0.2) is 60.2 Å². The number of nitrogens with two attached hydrogens (primary N) is 1. The number of hydrogen-bond acceptors (Lipinski definition) is 4. The molecule has 126 valence electrons. The minimum atomic E-state index is -0.129. The molecule has 0 bridgehead atoms. The first-order valence-corrected chi connectivity index (χ1v) is 9.25. The van der Waals surface area contributed by atoms with Gasteiger partial charge in [-0.15, -0.1) is 11.3 Å². The zero-order valence-corrected chi connectivity index (χ0v) is 14.5. The molecule has 1 saturated carbocycles. The van der Waals surface area contributed by atoms with Gasteiger partial charge in [0.1, 0.15) is 0 Å². The first-order chi connectivity index (χ1) is 12.2. The lowest BCUT2D eigenvalue weighted by Gasteiger charge is -2.17. The molecule has 1 atom stereocenters. The Labute approximate surface area is 150 Å². The lowest BCUT2D eigenvalue weighted by Crippen LogP contribution is -2.16. The number of nitrogens with zero attached hydrogens (tertiary/aromatic N) is 1. The van der Waals surface area contributed by atoms with Crippen LogP contribution in [-0.4, -0.2) is 10.9 Å². The molecule has 0 radical (unpaired) electrons. The molecule has 2 heterocycles. The van der Waals surface area contributed by atoms with Crippen LogP contribution >= 0.6 is 11.3 Å². The number of hydrogen-bond donors (Lipinski definition) is 2. The van der Waals surface area contributed by atoms with E-state index in [1.54, 1.807) is 35.9 Å². The average molecular weight is 349 g/mol. The van der Waals surface area contributed by atoms with Crippen molar-refractivity contribution in [1.29, 1.82) is 0 Å². The van der Waals surface area contributed by atoms with E-state index in [1.165, 1.54) is 12.8 Å². The lowest BCUT2D eigenvalue weighted by molar-refractivity contribution is 0.102. The summed E-state index contributed by atoms with van der Waals surface area (Å²) < 4.78 is 0. The van der Waals surface area contributed by atoms with Gasteiger partial charge in [-0.05, 0) is 65.6 Å². The Kier molecular flexibility index (Phi) is 4.34. The predicted octanol–water partition coefficient (Wildman–Crippen LogP) is 4.47. The summed E-state index contributed by atoms with van der Waals surface area (Å²) in [6, 6.07) is 13.5. The van der Waals surface area contributed by atoms with Crippen LogP contribution in [0.25, 0.3) is 10.4 Å². The molecular formula is C20H19N3OS. The number of anilines is 1. The van der Waals surface area contributed by atoms with E-state index < -0.39 is 0 Å². The van der Waals surface area contributed by atoms with Gasteiger partial charge >= 0.3 is 0 Å². The summed E-state index contributed by atoms with van der Waals surface area (Å²) in [5.41, 5.74) is 10.0. The summed E-state index contributed by atoms with van der Waals surface area (Å²) in [4.78, 5) is 17.7. The number of pyridine rings is 1. The fourth-order valence-corrected chi connectivity index (χ4v) is 3.75. The van der Waals surface area contributed by atoms with Crippen LogP contribution in [0.3, 0.4) is 0 Å². The Morgan fingerprint density at radius 1 is 1.20 bits per heavy atom. The summed E-state index contributed by atoms with van der Waals surface area (Å²) in [5, 5.41) is 4.95. The Morgan fingerprint density at radius 2 is 2.00 bits per heavy atom. The maximum absolute atomic E-state index is 12.6. The van der Waals surface area contributed by atoms with Gasteiger partial charge in [0.15, 0.2) is 0 Å². The van der Waals surface area contributed by atoms with Crippen LogP contribution in [0.5, 0.6) is 0 Å². The van der Waals surface area contributed by atoms with Crippen LogP contribution in [0, 0.1) is 5.92 Å². The number of nitrogens with one attached hydrogen (secondary N) is 1. The number of carbonyl (C=O) groups excluding carboxylic acids is 1. The minimum absolute atomic E-state index is 0.0365. The van der Waals surface area contributed by atoms with E-state index >= 15 is 0 Å². The van der Waals surface area contributed by atoms with Crippen molar-refractivity contribution in [1.82, 2.24) is 4.98 Å². The highest BCUT2D eigenvalue weighted by Crippen LogP contribution is 2.43. The molecule has 1 aliphatic carbocycles. The zero-order valence-electron chi connectivity index (χ0n) is 13.7. The van der Waals surface area contributed by atoms with Crippen LogP contribution in [0.2, 0.25) is 0 Å². The minimum Gasteiger partial charge on any atom is -0.324 e. The maximum atomic E-state index is 12.6. The molecular weight excluding hydrogens is 330 g/mol. The maximum Gasteiger partial charge on any atom is 0.255 e. The van der Waals surface area contributed by atoms with E-state index in [0.29, 0.717) is 11.5 Å². The first-order valence-electron chi connectivity index (χ1n) is 8.37. The average Bonchev–Trinajstić information content (AvgIpc) is 3.35. The number of amides is 1. The third-order valence-electron chi connectivity index (χ3n) is 4.53. The molecule has 25 heavy (non-hydrogen) atoms. The lowest BCUT2D eigenvalue weighted by atomic mass is 9.94. The third kappa shape index (κ3) is 3.48. The number of rotatable bonds is 5. The molecule has 0 unspecified atom stereocenters. The summed E-state index contributed by atoms with van der Waals surface area (Å²) in [6.07, 6.45) is 5.69. The van der Waals surface area contributed by atoms with Crippen molar-refractivity contribution in [2.75, 3.05) is 5.32 Å². The van der Waals surface area contributed by atoms with Gasteiger partial charge in [-0.2, -0.15) is 0 Å². The molecule has 0 spiro atoms. The van der Waals surface area contributed by atoms with Crippen molar-refractivity contribution in [2.24, 2.45) is 11.7 Å². The molecule has 4 nitrogen and oxygen atoms in total. The molecule has 5 heteroatoms. The van der Waals surface area contributed by atoms with Crippen molar-refractivity contribution in [2.45, 2.75) is 18.9 Å². The second-order valence-corrected chi connectivity index (χ2v) is 7.28. The highest BCUT2D eigenvalue weighted by molar-refractivity contribution is 7.13. The number of carbonyl (C=O) groups is 1. The van der Waals surface area contributed by atoms with E-state index in [1.807, 2.05) is 29.6 Å². The summed E-state index contributed by atoms with van der Waals surface area (Å²) >= 11 is 1.67. The molecule has 1 amide bonds. The van der Waals surface area contributed by atoms with Gasteiger partial charge in [-0.3, -0.25) is 9.78 Å². The molecule has 1 aliphatic rings. The Bertz CT molecular complexity index is 873. The van der Waals surface area contributed by atoms with Crippen LogP contribution in [-0.2, 0) is 0 Å². The second kappa shape index (κ2) is 6.78. The predicted molar refractivity (Wildman–Crippen MR) is 102 cm³/mol. The molecule has 1 aromatic carbocycles. The van der Waals surface area contributed by atoms with Crippen molar-refractivity contribution < 1.29 is 4.79 Å². The Morgan fingerprint density at radius 3 is 2.68 bits per heavy atom. The number of aromatic nitrogens is 1. The van der Waals surface area contributed by atoms with Crippen molar-refractivity contribution in [3.8, 4) is 10.4 Å². The first kappa shape index (κ1) is 16.0. The zero-order chi connectivity index (χ0) is 17.2. The quantitative estimate of drug-likeness (QED) is 0.714. The van der Waals surface area contributed by atoms with Crippen molar-refractivity contribution in [3.63, 3.8) is 0 Å². The van der Waals surface area contributed by atoms with Gasteiger partial charge in [-0.1, -0.05) is 12.1 Å². The molecule has 1 fully saturated rings. The van der Waals surface area contributed by atoms with Gasteiger partial charge in [-0.25, -0.2) is 0 Å². The normalized spacial score (nSPS) is 14.9. The largest absolute Gasteiger partial charge is 0.324 e. The van der Waals surface area contributed by atoms with Gasteiger partial charge in [0.25, 0.3) is 5.91 Å². The molecule has 0 saturated heterocycles. The molecule has 0 aliphatic heterocycles. The van der Waals surface area contributed by atoms with Gasteiger partial charge in [0, 0.05) is 34.6 Å². The van der Waals surface area contributed by atoms with Crippen molar-refractivity contribution in [3.05, 3.63) is 71.4 Å². The topological polar surface area (TPSA) is 68.0 Å². The SMILES string of the molecule is N[C@@H](c1ccc(C(=O)Nc2ccncc2)cc1-c1cccs1)C1CC1. The third-order valence-corrected chi connectivity index (χ3v) is 5.43. The summed E-state index contributed by atoms with van der Waals surface area (Å²) in [7, 11) is 0. The van der Waals surface area contributed by atoms with E-state index in [-0.39, 0.29) is 11.9 Å². The van der Waals surface area contributed by atoms with Gasteiger partial charge in [0.2, 0.25) is 0 Å². The Hall–Kier alpha value is -2.50. The van der Waals surface area contributed by atoms with E-state index in [9.17, 15) is 4.79 Å². The molecule has 3 N–H and O–H groups in total. The fourth-order valence-electron chi connectivity index (χ4n) is 2.98. The second-order valence-electron chi connectivity index (χ2n) is 6.33. The highest BCUT2D eigenvalue weighted by Gasteiger charge is 2.31. The van der Waals surface area contributed by atoms with Gasteiger partial charge < -0.3 is 11.1 Å². The molecule has 2 aromatic heterocycles. The number of benzene rings is 1. The molecule has 3 aromatic rings. The fraction of sp³-hybridized carbons (Fsp3) is 0.200. The van der Waals surface area contributed by atoms with E-state index in [0.717, 1.165) is 21.7 Å². The van der Waals surface area contributed by atoms with Crippen molar-refractivity contribution >= 4 is 22.9 Å². The molecule has 4 rings (SSSR count). The number of thiophene rings is 1. The summed E-state index contributed by atoms with van der Waals surface area (Å²) in [6.45, 7) is 0. The Balaban J connectivity index is 1.67. The smallest absolute Gasteiger partial charge is 0.255 e. The van der Waals surface area contributed by atoms with E-state index in [4.69, 9.17) is 5.73 Å². The van der Waals surface area contributed by atoms with Crippen LogP contribution in [0.1, 0.15) is 34.8 Å². The van der Waals surface area contributed by atoms with Crippen LogP contribution in [0.4, 0.5) is 5.69 Å². The monoisotopic (exact) mass is 349 g/mol. The van der Waals surface area contributed by atoms with Crippen LogP contribution < -0.4 is 11.1 Å². The highest BCUT2D eigenvalue weighted by atomic mass is 32.1. The van der Waals surface area contributed by atoms with Gasteiger partial charge in [0.05, 0.1) is 0 Å². The van der Waals surface area contributed by atoms with E-state index in [2.05, 4.69) is 16.4 Å². The summed E-state index contributed by atoms with van der Waals surface area (Å²) in [5.74, 6) is 0.436.